The number of imidazole rings is 1. The average Bonchev–Trinajstić information content (AvgIpc) is 3.54. The Morgan fingerprint density at radius 1 is 0.818 bits per heavy atom. The van der Waals surface area contributed by atoms with Crippen molar-refractivity contribution in [3.05, 3.63) is 77.4 Å². The standard InChI is InChI=1S/C37H45N5O2/c1-3-5-22-41(23-6-4-2)36(44)27-15-18-33-34(25-27)42(24-12-21-40-19-10-7-11-20-40)37(39-33)38-28-16-17-30-29-13-8-9-14-31(29)35(43)32(30)26-28/h8-9,13-18,25-26H,3-7,10-12,19-24H2,1-2H3,(H,38,39). The van der Waals surface area contributed by atoms with E-state index in [1.807, 2.05) is 65.6 Å². The number of hydrogen-bond donors (Lipinski definition) is 1. The zero-order valence-corrected chi connectivity index (χ0v) is 26.3. The Labute approximate surface area is 261 Å². The topological polar surface area (TPSA) is 70.5 Å². The molecule has 3 aromatic carbocycles. The molecule has 4 aromatic rings. The number of aromatic nitrogens is 2. The molecule has 0 atom stereocenters. The predicted octanol–water partition coefficient (Wildman–Crippen LogP) is 7.91. The molecule has 0 radical (unpaired) electrons. The Balaban J connectivity index is 1.30. The number of benzene rings is 3. The van der Waals surface area contributed by atoms with Crippen LogP contribution in [-0.2, 0) is 6.54 Å². The van der Waals surface area contributed by atoms with Crippen LogP contribution >= 0.6 is 0 Å². The fraction of sp³-hybridized carbons (Fsp3) is 0.432. The Morgan fingerprint density at radius 2 is 1.55 bits per heavy atom. The van der Waals surface area contributed by atoms with Gasteiger partial charge in [-0.2, -0.15) is 0 Å². The molecule has 7 nitrogen and oxygen atoms in total. The number of anilines is 2. The first-order valence-electron chi connectivity index (χ1n) is 16.6. The second-order valence-corrected chi connectivity index (χ2v) is 12.3. The lowest BCUT2D eigenvalue weighted by Gasteiger charge is -2.26. The van der Waals surface area contributed by atoms with Crippen LogP contribution in [0.5, 0.6) is 0 Å². The van der Waals surface area contributed by atoms with Gasteiger partial charge in [0.1, 0.15) is 0 Å². The molecule has 1 aliphatic heterocycles. The number of piperidine rings is 1. The van der Waals surface area contributed by atoms with Gasteiger partial charge >= 0.3 is 0 Å². The monoisotopic (exact) mass is 591 g/mol. The number of rotatable bonds is 13. The highest BCUT2D eigenvalue weighted by molar-refractivity contribution is 6.22. The smallest absolute Gasteiger partial charge is 0.253 e. The molecule has 6 rings (SSSR count). The summed E-state index contributed by atoms with van der Waals surface area (Å²) in [6.07, 6.45) is 9.02. The molecule has 0 unspecified atom stereocenters. The number of hydrogen-bond acceptors (Lipinski definition) is 5. The van der Waals surface area contributed by atoms with Crippen molar-refractivity contribution >= 4 is 34.4 Å². The summed E-state index contributed by atoms with van der Waals surface area (Å²) in [5, 5.41) is 3.55. The Bertz CT molecular complexity index is 1630. The average molecular weight is 592 g/mol. The summed E-state index contributed by atoms with van der Waals surface area (Å²) in [6.45, 7) is 10.1. The third kappa shape index (κ3) is 6.29. The van der Waals surface area contributed by atoms with Gasteiger partial charge in [-0.25, -0.2) is 4.98 Å². The molecule has 2 heterocycles. The van der Waals surface area contributed by atoms with Crippen LogP contribution in [0.3, 0.4) is 0 Å². The highest BCUT2D eigenvalue weighted by Crippen LogP contribution is 2.38. The summed E-state index contributed by atoms with van der Waals surface area (Å²) < 4.78 is 2.22. The number of carbonyl (C=O) groups excluding carboxylic acids is 2. The van der Waals surface area contributed by atoms with Gasteiger partial charge in [-0.3, -0.25) is 9.59 Å². The van der Waals surface area contributed by atoms with Crippen molar-refractivity contribution < 1.29 is 9.59 Å². The van der Waals surface area contributed by atoms with E-state index in [1.54, 1.807) is 0 Å². The molecule has 1 N–H and O–H groups in total. The molecule has 230 valence electrons. The fourth-order valence-electron chi connectivity index (χ4n) is 6.64. The molecule has 1 aromatic heterocycles. The summed E-state index contributed by atoms with van der Waals surface area (Å²) in [4.78, 5) is 36.5. The first kappa shape index (κ1) is 30.1. The molecule has 0 spiro atoms. The maximum Gasteiger partial charge on any atom is 0.253 e. The summed E-state index contributed by atoms with van der Waals surface area (Å²) in [5.41, 5.74) is 6.82. The largest absolute Gasteiger partial charge is 0.339 e. The van der Waals surface area contributed by atoms with Crippen molar-refractivity contribution in [1.82, 2.24) is 19.4 Å². The number of unbranched alkanes of at least 4 members (excludes halogenated alkanes) is 2. The maximum atomic E-state index is 13.7. The summed E-state index contributed by atoms with van der Waals surface area (Å²) in [7, 11) is 0. The predicted molar refractivity (Wildman–Crippen MR) is 179 cm³/mol. The van der Waals surface area contributed by atoms with E-state index in [-0.39, 0.29) is 11.7 Å². The summed E-state index contributed by atoms with van der Waals surface area (Å²) in [6, 6.07) is 19.8. The molecule has 7 heteroatoms. The van der Waals surface area contributed by atoms with Gasteiger partial charge < -0.3 is 19.7 Å². The number of fused-ring (bicyclic) bond motifs is 4. The second kappa shape index (κ2) is 13.8. The van der Waals surface area contributed by atoms with Crippen molar-refractivity contribution in [2.75, 3.05) is 38.0 Å². The number of aryl methyl sites for hydroxylation is 1. The third-order valence-electron chi connectivity index (χ3n) is 9.13. The minimum absolute atomic E-state index is 0.0631. The van der Waals surface area contributed by atoms with Gasteiger partial charge in [0, 0.05) is 42.0 Å². The zero-order valence-electron chi connectivity index (χ0n) is 26.3. The third-order valence-corrected chi connectivity index (χ3v) is 9.13. The van der Waals surface area contributed by atoms with E-state index in [0.717, 1.165) is 103 Å². The first-order chi connectivity index (χ1) is 21.6. The number of amides is 1. The molecule has 44 heavy (non-hydrogen) atoms. The van der Waals surface area contributed by atoms with E-state index in [2.05, 4.69) is 28.6 Å². The lowest BCUT2D eigenvalue weighted by Crippen LogP contribution is -2.33. The molecular weight excluding hydrogens is 546 g/mol. The SMILES string of the molecule is CCCCN(CCCC)C(=O)c1ccc2nc(Nc3ccc4c(c3)C(=O)c3ccccc3-4)n(CCCN3CCCCC3)c2c1. The lowest BCUT2D eigenvalue weighted by molar-refractivity contribution is 0.0751. The Hall–Kier alpha value is -3.97. The molecule has 1 amide bonds. The van der Waals surface area contributed by atoms with E-state index in [4.69, 9.17) is 4.98 Å². The zero-order chi connectivity index (χ0) is 30.5. The van der Waals surface area contributed by atoms with Gasteiger partial charge in [-0.1, -0.05) is 63.4 Å². The van der Waals surface area contributed by atoms with E-state index in [0.29, 0.717) is 5.56 Å². The van der Waals surface area contributed by atoms with Crippen LogP contribution in [-0.4, -0.2) is 63.8 Å². The fourth-order valence-corrected chi connectivity index (χ4v) is 6.64. The van der Waals surface area contributed by atoms with Crippen LogP contribution in [0.1, 0.15) is 91.5 Å². The van der Waals surface area contributed by atoms with E-state index < -0.39 is 0 Å². The number of nitrogens with one attached hydrogen (secondary N) is 1. The number of ketones is 1. The number of nitrogens with zero attached hydrogens (tertiary/aromatic N) is 4. The van der Waals surface area contributed by atoms with E-state index in [9.17, 15) is 9.59 Å². The number of carbonyl (C=O) groups is 2. The van der Waals surface area contributed by atoms with E-state index >= 15 is 0 Å². The molecule has 1 fully saturated rings. The molecule has 1 aliphatic carbocycles. The molecule has 1 saturated heterocycles. The van der Waals surface area contributed by atoms with Crippen LogP contribution < -0.4 is 5.32 Å². The molecule has 2 aliphatic rings. The van der Waals surface area contributed by atoms with Crippen LogP contribution in [0.4, 0.5) is 11.6 Å². The molecule has 0 bridgehead atoms. The number of likely N-dealkylation sites (tertiary alicyclic amines) is 1. The van der Waals surface area contributed by atoms with Gasteiger partial charge in [-0.05, 0) is 93.2 Å². The van der Waals surface area contributed by atoms with Gasteiger partial charge in [0.25, 0.3) is 5.91 Å². The normalized spacial score (nSPS) is 14.5. The highest BCUT2D eigenvalue weighted by Gasteiger charge is 2.26. The lowest BCUT2D eigenvalue weighted by atomic mass is 10.1. The first-order valence-corrected chi connectivity index (χ1v) is 16.6. The second-order valence-electron chi connectivity index (χ2n) is 12.3. The minimum atomic E-state index is 0.0631. The van der Waals surface area contributed by atoms with Gasteiger partial charge in [0.05, 0.1) is 11.0 Å². The van der Waals surface area contributed by atoms with Crippen LogP contribution in [0.15, 0.2) is 60.7 Å². The molecule has 0 saturated carbocycles. The maximum absolute atomic E-state index is 13.7. The van der Waals surface area contributed by atoms with Crippen molar-refractivity contribution in [1.29, 1.82) is 0 Å². The molecular formula is C37H45N5O2. The van der Waals surface area contributed by atoms with Gasteiger partial charge in [-0.15, -0.1) is 0 Å². The van der Waals surface area contributed by atoms with Gasteiger partial charge in [0.15, 0.2) is 5.78 Å². The summed E-state index contributed by atoms with van der Waals surface area (Å²) >= 11 is 0. The van der Waals surface area contributed by atoms with Crippen molar-refractivity contribution in [3.63, 3.8) is 0 Å². The Kier molecular flexibility index (Phi) is 9.41. The van der Waals surface area contributed by atoms with Crippen molar-refractivity contribution in [2.24, 2.45) is 0 Å². The van der Waals surface area contributed by atoms with E-state index in [1.165, 1.54) is 32.4 Å². The van der Waals surface area contributed by atoms with Crippen molar-refractivity contribution in [3.8, 4) is 11.1 Å². The summed E-state index contributed by atoms with van der Waals surface area (Å²) in [5.74, 6) is 0.897. The van der Waals surface area contributed by atoms with Crippen molar-refractivity contribution in [2.45, 2.75) is 71.8 Å². The Morgan fingerprint density at radius 3 is 2.30 bits per heavy atom. The van der Waals surface area contributed by atoms with Crippen LogP contribution in [0.2, 0.25) is 0 Å². The highest BCUT2D eigenvalue weighted by atomic mass is 16.2. The van der Waals surface area contributed by atoms with Crippen LogP contribution in [0.25, 0.3) is 22.2 Å². The quantitative estimate of drug-likeness (QED) is 0.151. The van der Waals surface area contributed by atoms with Gasteiger partial charge in [0.2, 0.25) is 5.95 Å². The minimum Gasteiger partial charge on any atom is -0.339 e. The van der Waals surface area contributed by atoms with Crippen LogP contribution in [0, 0.1) is 0 Å².